The van der Waals surface area contributed by atoms with Gasteiger partial charge in [-0.15, -0.1) is 11.6 Å². The van der Waals surface area contributed by atoms with Gasteiger partial charge in [0.15, 0.2) is 0 Å². The molecule has 3 heteroatoms. The summed E-state index contributed by atoms with van der Waals surface area (Å²) in [5.74, 6) is 0.790. The van der Waals surface area contributed by atoms with Gasteiger partial charge < -0.3 is 4.74 Å². The van der Waals surface area contributed by atoms with Crippen LogP contribution in [0.1, 0.15) is 39.0 Å². The van der Waals surface area contributed by atoms with Crippen LogP contribution in [-0.2, 0) is 4.74 Å². The fourth-order valence-electron chi connectivity index (χ4n) is 2.49. The normalized spacial score (nSPS) is 25.4. The lowest BCUT2D eigenvalue weighted by atomic mass is 9.97. The van der Waals surface area contributed by atoms with E-state index in [1.54, 1.807) is 7.11 Å². The molecule has 1 aliphatic heterocycles. The van der Waals surface area contributed by atoms with Crippen molar-refractivity contribution in [3.63, 3.8) is 0 Å². The summed E-state index contributed by atoms with van der Waals surface area (Å²) >= 11 is 5.86. The Labute approximate surface area is 98.9 Å². The molecule has 0 aromatic rings. The standard InChI is InChI=1S/C12H24ClNO/c1-11(7-10-15-2)14-9-4-3-5-12(14)6-8-13/h11-12H,3-10H2,1-2H3. The maximum Gasteiger partial charge on any atom is 0.0477 e. The minimum Gasteiger partial charge on any atom is -0.385 e. The van der Waals surface area contributed by atoms with Gasteiger partial charge in [-0.05, 0) is 39.2 Å². The van der Waals surface area contributed by atoms with Crippen LogP contribution in [0.15, 0.2) is 0 Å². The van der Waals surface area contributed by atoms with Crippen molar-refractivity contribution in [3.05, 3.63) is 0 Å². The molecule has 0 saturated carbocycles. The monoisotopic (exact) mass is 233 g/mol. The second-order valence-corrected chi connectivity index (χ2v) is 4.87. The van der Waals surface area contributed by atoms with Crippen molar-refractivity contribution in [1.29, 1.82) is 0 Å². The van der Waals surface area contributed by atoms with E-state index in [-0.39, 0.29) is 0 Å². The third-order valence-corrected chi connectivity index (χ3v) is 3.64. The van der Waals surface area contributed by atoms with Crippen molar-refractivity contribution in [2.24, 2.45) is 0 Å². The number of rotatable bonds is 6. The van der Waals surface area contributed by atoms with Crippen LogP contribution in [0.25, 0.3) is 0 Å². The Morgan fingerprint density at radius 1 is 1.47 bits per heavy atom. The maximum atomic E-state index is 5.86. The molecule has 0 spiro atoms. The van der Waals surface area contributed by atoms with E-state index in [4.69, 9.17) is 16.3 Å². The Hall–Kier alpha value is 0.210. The minimum atomic E-state index is 0.637. The molecule has 1 aliphatic rings. The lowest BCUT2D eigenvalue weighted by Crippen LogP contribution is -2.45. The van der Waals surface area contributed by atoms with E-state index < -0.39 is 0 Å². The smallest absolute Gasteiger partial charge is 0.0477 e. The molecule has 0 aromatic heterocycles. The third-order valence-electron chi connectivity index (χ3n) is 3.42. The van der Waals surface area contributed by atoms with Crippen LogP contribution in [0.5, 0.6) is 0 Å². The van der Waals surface area contributed by atoms with Crippen molar-refractivity contribution in [2.45, 2.75) is 51.1 Å². The fraction of sp³-hybridized carbons (Fsp3) is 1.00. The van der Waals surface area contributed by atoms with Gasteiger partial charge in [-0.2, -0.15) is 0 Å². The first-order valence-corrected chi connectivity index (χ1v) is 6.63. The Morgan fingerprint density at radius 3 is 2.93 bits per heavy atom. The molecule has 2 unspecified atom stereocenters. The van der Waals surface area contributed by atoms with E-state index in [1.165, 1.54) is 25.8 Å². The Kier molecular flexibility index (Phi) is 6.62. The summed E-state index contributed by atoms with van der Waals surface area (Å²) < 4.78 is 5.15. The van der Waals surface area contributed by atoms with E-state index >= 15 is 0 Å². The van der Waals surface area contributed by atoms with Crippen molar-refractivity contribution < 1.29 is 4.74 Å². The molecule has 1 rings (SSSR count). The zero-order valence-electron chi connectivity index (χ0n) is 10.0. The zero-order chi connectivity index (χ0) is 11.1. The average molecular weight is 234 g/mol. The summed E-state index contributed by atoms with van der Waals surface area (Å²) in [4.78, 5) is 2.63. The van der Waals surface area contributed by atoms with Crippen LogP contribution in [0.4, 0.5) is 0 Å². The molecule has 0 radical (unpaired) electrons. The number of likely N-dealkylation sites (tertiary alicyclic amines) is 1. The van der Waals surface area contributed by atoms with Crippen LogP contribution in [0.3, 0.4) is 0 Å². The van der Waals surface area contributed by atoms with Crippen LogP contribution >= 0.6 is 11.6 Å². The largest absolute Gasteiger partial charge is 0.385 e. The quantitative estimate of drug-likeness (QED) is 0.655. The van der Waals surface area contributed by atoms with Crippen molar-refractivity contribution in [3.8, 4) is 0 Å². The summed E-state index contributed by atoms with van der Waals surface area (Å²) in [5.41, 5.74) is 0. The highest BCUT2D eigenvalue weighted by atomic mass is 35.5. The number of ether oxygens (including phenoxy) is 1. The Morgan fingerprint density at radius 2 is 2.27 bits per heavy atom. The summed E-state index contributed by atoms with van der Waals surface area (Å²) in [6, 6.07) is 1.35. The predicted octanol–water partition coefficient (Wildman–Crippen LogP) is 2.89. The van der Waals surface area contributed by atoms with Gasteiger partial charge in [0.05, 0.1) is 0 Å². The van der Waals surface area contributed by atoms with E-state index in [0.717, 1.165) is 25.3 Å². The molecule has 1 fully saturated rings. The summed E-state index contributed by atoms with van der Waals surface area (Å²) in [6.07, 6.45) is 6.31. The van der Waals surface area contributed by atoms with Crippen LogP contribution < -0.4 is 0 Å². The van der Waals surface area contributed by atoms with Gasteiger partial charge in [-0.25, -0.2) is 0 Å². The first-order chi connectivity index (χ1) is 7.29. The van der Waals surface area contributed by atoms with Crippen molar-refractivity contribution in [1.82, 2.24) is 4.90 Å². The van der Waals surface area contributed by atoms with Gasteiger partial charge >= 0.3 is 0 Å². The zero-order valence-corrected chi connectivity index (χ0v) is 10.8. The number of nitrogens with zero attached hydrogens (tertiary/aromatic N) is 1. The predicted molar refractivity (Wildman–Crippen MR) is 65.6 cm³/mol. The first-order valence-electron chi connectivity index (χ1n) is 6.10. The van der Waals surface area contributed by atoms with Gasteiger partial charge in [0.2, 0.25) is 0 Å². The lowest BCUT2D eigenvalue weighted by Gasteiger charge is -2.39. The molecule has 0 bridgehead atoms. The minimum absolute atomic E-state index is 0.637. The molecule has 0 aliphatic carbocycles. The maximum absolute atomic E-state index is 5.86. The number of hydrogen-bond acceptors (Lipinski definition) is 2. The topological polar surface area (TPSA) is 12.5 Å². The number of halogens is 1. The highest BCUT2D eigenvalue weighted by Gasteiger charge is 2.25. The number of hydrogen-bond donors (Lipinski definition) is 0. The second kappa shape index (κ2) is 7.48. The van der Waals surface area contributed by atoms with E-state index in [0.29, 0.717) is 12.1 Å². The molecule has 2 nitrogen and oxygen atoms in total. The molecule has 90 valence electrons. The number of methoxy groups -OCH3 is 1. The average Bonchev–Trinajstić information content (AvgIpc) is 2.27. The van der Waals surface area contributed by atoms with Gasteiger partial charge in [-0.1, -0.05) is 6.42 Å². The van der Waals surface area contributed by atoms with Crippen LogP contribution in [-0.4, -0.2) is 43.1 Å². The molecule has 0 amide bonds. The summed E-state index contributed by atoms with van der Waals surface area (Å²) in [6.45, 7) is 4.42. The lowest BCUT2D eigenvalue weighted by molar-refractivity contribution is 0.0765. The second-order valence-electron chi connectivity index (χ2n) is 4.50. The summed E-state index contributed by atoms with van der Waals surface area (Å²) in [5, 5.41) is 0. The van der Waals surface area contributed by atoms with Crippen molar-refractivity contribution >= 4 is 11.6 Å². The molecule has 0 aromatic carbocycles. The van der Waals surface area contributed by atoms with E-state index in [2.05, 4.69) is 11.8 Å². The third kappa shape index (κ3) is 4.29. The number of piperidine rings is 1. The first kappa shape index (κ1) is 13.3. The fourth-order valence-corrected chi connectivity index (χ4v) is 2.75. The van der Waals surface area contributed by atoms with Crippen LogP contribution in [0.2, 0.25) is 0 Å². The molecule has 15 heavy (non-hydrogen) atoms. The highest BCUT2D eigenvalue weighted by molar-refractivity contribution is 6.17. The molecule has 0 N–H and O–H groups in total. The molecule has 1 saturated heterocycles. The van der Waals surface area contributed by atoms with Crippen molar-refractivity contribution in [2.75, 3.05) is 26.1 Å². The molecule has 2 atom stereocenters. The van der Waals surface area contributed by atoms with Gasteiger partial charge in [0.1, 0.15) is 0 Å². The molecular formula is C12H24ClNO. The molecule has 1 heterocycles. The van der Waals surface area contributed by atoms with Gasteiger partial charge in [0, 0.05) is 31.7 Å². The van der Waals surface area contributed by atoms with Gasteiger partial charge in [-0.3, -0.25) is 4.90 Å². The van der Waals surface area contributed by atoms with E-state index in [1.807, 2.05) is 0 Å². The Bertz CT molecular complexity index is 164. The van der Waals surface area contributed by atoms with Gasteiger partial charge in [0.25, 0.3) is 0 Å². The molecular weight excluding hydrogens is 210 g/mol. The summed E-state index contributed by atoms with van der Waals surface area (Å²) in [7, 11) is 1.78. The van der Waals surface area contributed by atoms with E-state index in [9.17, 15) is 0 Å². The SMILES string of the molecule is COCCC(C)N1CCCCC1CCCl. The Balaban J connectivity index is 2.39. The van der Waals surface area contributed by atoms with Crippen LogP contribution in [0, 0.1) is 0 Å². The number of alkyl halides is 1. The highest BCUT2D eigenvalue weighted by Crippen LogP contribution is 2.23.